The van der Waals surface area contributed by atoms with E-state index in [0.717, 1.165) is 11.6 Å². The first-order valence-corrected chi connectivity index (χ1v) is 8.93. The van der Waals surface area contributed by atoms with E-state index in [2.05, 4.69) is 10.6 Å². The quantitative estimate of drug-likeness (QED) is 0.360. The van der Waals surface area contributed by atoms with Gasteiger partial charge in [-0.15, -0.1) is 0 Å². The van der Waals surface area contributed by atoms with Crippen molar-refractivity contribution in [3.05, 3.63) is 69.8 Å². The summed E-state index contributed by atoms with van der Waals surface area (Å²) in [4.78, 5) is 46.2. The van der Waals surface area contributed by atoms with Crippen LogP contribution in [0.5, 0.6) is 5.75 Å². The van der Waals surface area contributed by atoms with Crippen LogP contribution < -0.4 is 15.4 Å². The highest BCUT2D eigenvalue weighted by atomic mass is 16.6. The van der Waals surface area contributed by atoms with Crippen LogP contribution in [0.4, 0.5) is 5.69 Å². The Morgan fingerprint density at radius 2 is 1.83 bits per heavy atom. The molecule has 0 saturated carbocycles. The van der Waals surface area contributed by atoms with Crippen LogP contribution in [0.3, 0.4) is 0 Å². The predicted octanol–water partition coefficient (Wildman–Crippen LogP) is 1.58. The van der Waals surface area contributed by atoms with Gasteiger partial charge >= 0.3 is 5.97 Å². The van der Waals surface area contributed by atoms with E-state index >= 15 is 0 Å². The van der Waals surface area contributed by atoms with E-state index in [1.165, 1.54) is 32.2 Å². The lowest BCUT2D eigenvalue weighted by Gasteiger charge is -2.15. The topological polar surface area (TPSA) is 137 Å². The Morgan fingerprint density at radius 3 is 2.53 bits per heavy atom. The van der Waals surface area contributed by atoms with Crippen molar-refractivity contribution < 1.29 is 28.8 Å². The molecule has 0 aromatic heterocycles. The maximum Gasteiger partial charge on any atom is 0.326 e. The largest absolute Gasteiger partial charge is 0.496 e. The Labute approximate surface area is 172 Å². The average Bonchev–Trinajstić information content (AvgIpc) is 2.75. The number of hydrogen-bond donors (Lipinski definition) is 2. The van der Waals surface area contributed by atoms with Gasteiger partial charge in [0.25, 0.3) is 17.5 Å². The molecular weight excluding hydrogens is 394 g/mol. The van der Waals surface area contributed by atoms with Gasteiger partial charge in [-0.25, -0.2) is 0 Å². The summed E-state index contributed by atoms with van der Waals surface area (Å²) in [7, 11) is 1.52. The molecule has 0 radical (unpaired) electrons. The molecule has 1 atom stereocenters. The van der Waals surface area contributed by atoms with E-state index in [9.17, 15) is 24.5 Å². The van der Waals surface area contributed by atoms with Gasteiger partial charge in [-0.2, -0.15) is 0 Å². The molecule has 0 heterocycles. The van der Waals surface area contributed by atoms with E-state index < -0.39 is 35.4 Å². The van der Waals surface area contributed by atoms with Gasteiger partial charge in [-0.1, -0.05) is 24.3 Å². The van der Waals surface area contributed by atoms with Crippen molar-refractivity contribution in [2.75, 3.05) is 13.7 Å². The Kier molecular flexibility index (Phi) is 7.86. The van der Waals surface area contributed by atoms with Gasteiger partial charge in [-0.05, 0) is 19.1 Å². The SMILES string of the molecule is COc1ccccc1CNC(=O)C(C)OC(=O)CNC(=O)c1cccc([N+](=O)[O-])c1. The van der Waals surface area contributed by atoms with Crippen molar-refractivity contribution in [1.82, 2.24) is 10.6 Å². The fourth-order valence-electron chi connectivity index (χ4n) is 2.48. The number of rotatable bonds is 9. The van der Waals surface area contributed by atoms with Gasteiger partial charge < -0.3 is 20.1 Å². The smallest absolute Gasteiger partial charge is 0.326 e. The van der Waals surface area contributed by atoms with Crippen LogP contribution in [0.1, 0.15) is 22.8 Å². The number of nitrogens with zero attached hydrogens (tertiary/aromatic N) is 1. The second-order valence-corrected chi connectivity index (χ2v) is 6.15. The first kappa shape index (κ1) is 22.3. The zero-order valence-corrected chi connectivity index (χ0v) is 16.4. The van der Waals surface area contributed by atoms with E-state index in [0.29, 0.717) is 5.75 Å². The molecule has 2 aromatic carbocycles. The van der Waals surface area contributed by atoms with E-state index in [-0.39, 0.29) is 17.8 Å². The number of esters is 1. The molecule has 158 valence electrons. The third-order valence-corrected chi connectivity index (χ3v) is 4.04. The van der Waals surface area contributed by atoms with E-state index in [4.69, 9.17) is 9.47 Å². The van der Waals surface area contributed by atoms with Gasteiger partial charge in [0.15, 0.2) is 6.10 Å². The fourth-order valence-corrected chi connectivity index (χ4v) is 2.48. The molecule has 30 heavy (non-hydrogen) atoms. The Hall–Kier alpha value is -3.95. The monoisotopic (exact) mass is 415 g/mol. The summed E-state index contributed by atoms with van der Waals surface area (Å²) in [5.74, 6) is -1.40. The summed E-state index contributed by atoms with van der Waals surface area (Å²) in [6.07, 6.45) is -1.08. The second kappa shape index (κ2) is 10.6. The van der Waals surface area contributed by atoms with Gasteiger partial charge in [-0.3, -0.25) is 24.5 Å². The number of ether oxygens (including phenoxy) is 2. The van der Waals surface area contributed by atoms with Gasteiger partial charge in [0.05, 0.1) is 12.0 Å². The molecule has 2 N–H and O–H groups in total. The summed E-state index contributed by atoms with van der Waals surface area (Å²) in [6, 6.07) is 12.2. The third kappa shape index (κ3) is 6.30. The van der Waals surface area contributed by atoms with Crippen LogP contribution in [0.2, 0.25) is 0 Å². The highest BCUT2D eigenvalue weighted by molar-refractivity contribution is 5.96. The Bertz CT molecular complexity index is 946. The van der Waals surface area contributed by atoms with Gasteiger partial charge in [0.2, 0.25) is 0 Å². The summed E-state index contributed by atoms with van der Waals surface area (Å²) in [5.41, 5.74) is 0.543. The first-order valence-electron chi connectivity index (χ1n) is 8.93. The van der Waals surface area contributed by atoms with Crippen LogP contribution in [0, 0.1) is 10.1 Å². The van der Waals surface area contributed by atoms with E-state index in [1.807, 2.05) is 0 Å². The summed E-state index contributed by atoms with van der Waals surface area (Å²) >= 11 is 0. The van der Waals surface area contributed by atoms with Crippen LogP contribution in [-0.4, -0.2) is 42.5 Å². The molecule has 0 spiro atoms. The highest BCUT2D eigenvalue weighted by Crippen LogP contribution is 2.16. The molecule has 1 unspecified atom stereocenters. The summed E-state index contributed by atoms with van der Waals surface area (Å²) in [5, 5.41) is 15.7. The molecule has 0 aliphatic rings. The Balaban J connectivity index is 1.81. The van der Waals surface area contributed by atoms with Crippen LogP contribution in [0.25, 0.3) is 0 Å². The number of carbonyl (C=O) groups is 3. The number of nitro benzene ring substituents is 1. The van der Waals surface area contributed by atoms with Gasteiger partial charge in [0, 0.05) is 29.8 Å². The lowest BCUT2D eigenvalue weighted by Crippen LogP contribution is -2.38. The normalized spacial score (nSPS) is 11.1. The minimum atomic E-state index is -1.08. The number of nitro groups is 1. The lowest BCUT2D eigenvalue weighted by atomic mass is 10.2. The molecule has 2 rings (SSSR count). The number of non-ortho nitro benzene ring substituents is 1. The fraction of sp³-hybridized carbons (Fsp3) is 0.250. The van der Waals surface area contributed by atoms with Crippen molar-refractivity contribution in [3.8, 4) is 5.75 Å². The second-order valence-electron chi connectivity index (χ2n) is 6.15. The number of benzene rings is 2. The molecule has 0 saturated heterocycles. The number of hydrogen-bond acceptors (Lipinski definition) is 7. The summed E-state index contributed by atoms with van der Waals surface area (Å²) in [6.45, 7) is 1.09. The number of amides is 2. The molecule has 2 amide bonds. The minimum Gasteiger partial charge on any atom is -0.496 e. The van der Waals surface area contributed by atoms with Crippen molar-refractivity contribution in [1.29, 1.82) is 0 Å². The lowest BCUT2D eigenvalue weighted by molar-refractivity contribution is -0.384. The number of para-hydroxylation sites is 1. The standard InChI is InChI=1S/C20H21N3O7/c1-13(19(25)21-11-15-6-3-4-9-17(15)29-2)30-18(24)12-22-20(26)14-7-5-8-16(10-14)23(27)28/h3-10,13H,11-12H2,1-2H3,(H,21,25)(H,22,26). The molecule has 0 aliphatic heterocycles. The molecule has 2 aromatic rings. The zero-order valence-electron chi connectivity index (χ0n) is 16.4. The number of carbonyl (C=O) groups excluding carboxylic acids is 3. The number of methoxy groups -OCH3 is 1. The summed E-state index contributed by atoms with van der Waals surface area (Å²) < 4.78 is 10.2. The van der Waals surface area contributed by atoms with Crippen molar-refractivity contribution in [2.45, 2.75) is 19.6 Å². The van der Waals surface area contributed by atoms with Crippen molar-refractivity contribution in [3.63, 3.8) is 0 Å². The maximum absolute atomic E-state index is 12.1. The average molecular weight is 415 g/mol. The molecule has 0 aliphatic carbocycles. The predicted molar refractivity (Wildman–Crippen MR) is 106 cm³/mol. The minimum absolute atomic E-state index is 0.0274. The van der Waals surface area contributed by atoms with Crippen molar-refractivity contribution >= 4 is 23.5 Å². The number of nitrogens with one attached hydrogen (secondary N) is 2. The molecule has 0 bridgehead atoms. The molecule has 0 fully saturated rings. The van der Waals surface area contributed by atoms with Crippen LogP contribution in [-0.2, 0) is 20.9 Å². The molecule has 10 nitrogen and oxygen atoms in total. The Morgan fingerprint density at radius 1 is 1.10 bits per heavy atom. The van der Waals surface area contributed by atoms with Crippen LogP contribution in [0.15, 0.2) is 48.5 Å². The van der Waals surface area contributed by atoms with Crippen LogP contribution >= 0.6 is 0 Å². The van der Waals surface area contributed by atoms with E-state index in [1.54, 1.807) is 24.3 Å². The first-order chi connectivity index (χ1) is 14.3. The zero-order chi connectivity index (χ0) is 22.1. The van der Waals surface area contributed by atoms with Gasteiger partial charge in [0.1, 0.15) is 12.3 Å². The third-order valence-electron chi connectivity index (χ3n) is 4.04. The highest BCUT2D eigenvalue weighted by Gasteiger charge is 2.19. The maximum atomic E-state index is 12.1. The van der Waals surface area contributed by atoms with Crippen molar-refractivity contribution in [2.24, 2.45) is 0 Å². The molecule has 10 heteroatoms. The molecular formula is C20H21N3O7.